The van der Waals surface area contributed by atoms with E-state index in [4.69, 9.17) is 0 Å². The molecule has 0 aliphatic heterocycles. The van der Waals surface area contributed by atoms with E-state index in [-0.39, 0.29) is 16.2 Å². The van der Waals surface area contributed by atoms with Crippen molar-refractivity contribution in [2.75, 3.05) is 5.32 Å². The molecule has 0 saturated heterocycles. The third-order valence-electron chi connectivity index (χ3n) is 3.21. The normalized spacial score (nSPS) is 10.4. The van der Waals surface area contributed by atoms with Crippen LogP contribution >= 0.6 is 15.9 Å². The summed E-state index contributed by atoms with van der Waals surface area (Å²) < 4.78 is 13.4. The Morgan fingerprint density at radius 2 is 1.90 bits per heavy atom. The molecule has 0 radical (unpaired) electrons. The molecule has 0 heterocycles. The first-order valence-corrected chi connectivity index (χ1v) is 7.75. The average Bonchev–Trinajstić information content (AvgIpc) is 2.49. The fourth-order valence-electron chi connectivity index (χ4n) is 1.98. The van der Waals surface area contributed by atoms with Crippen LogP contribution in [0.15, 0.2) is 46.9 Å². The van der Waals surface area contributed by atoms with Crippen molar-refractivity contribution in [3.8, 4) is 0 Å². The second-order valence-electron chi connectivity index (χ2n) is 4.88. The van der Waals surface area contributed by atoms with Gasteiger partial charge in [0, 0.05) is 11.3 Å². The molecule has 1 N–H and O–H groups in total. The van der Waals surface area contributed by atoms with Gasteiger partial charge in [-0.2, -0.15) is 0 Å². The maximum Gasteiger partial charge on any atom is 0.255 e. The molecule has 0 aliphatic rings. The highest BCUT2D eigenvalue weighted by atomic mass is 79.9. The molecule has 2 nitrogen and oxygen atoms in total. The molecule has 21 heavy (non-hydrogen) atoms. The van der Waals surface area contributed by atoms with E-state index in [9.17, 15) is 9.18 Å². The molecule has 0 fully saturated rings. The Hall–Kier alpha value is -1.68. The van der Waals surface area contributed by atoms with Gasteiger partial charge in [-0.05, 0) is 64.7 Å². The highest BCUT2D eigenvalue weighted by molar-refractivity contribution is 9.10. The third kappa shape index (κ3) is 4.39. The number of nitrogens with one attached hydrogen (secondary N) is 1. The van der Waals surface area contributed by atoms with Crippen molar-refractivity contribution < 1.29 is 9.18 Å². The standard InChI is InChI=1S/C17H17BrFNO/c1-2-3-4-12-5-8-14(9-6-12)20-17(21)13-7-10-16(19)15(18)11-13/h5-11H,2-4H2,1H3,(H,20,21). The molecular formula is C17H17BrFNO. The van der Waals surface area contributed by atoms with Crippen molar-refractivity contribution in [3.63, 3.8) is 0 Å². The Labute approximate surface area is 132 Å². The van der Waals surface area contributed by atoms with Gasteiger partial charge in [0.15, 0.2) is 0 Å². The first-order valence-electron chi connectivity index (χ1n) is 6.95. The van der Waals surface area contributed by atoms with Crippen molar-refractivity contribution in [2.24, 2.45) is 0 Å². The van der Waals surface area contributed by atoms with E-state index in [1.54, 1.807) is 0 Å². The Balaban J connectivity index is 2.03. The molecule has 0 aliphatic carbocycles. The lowest BCUT2D eigenvalue weighted by atomic mass is 10.1. The molecule has 0 spiro atoms. The summed E-state index contributed by atoms with van der Waals surface area (Å²) in [6, 6.07) is 12.0. The van der Waals surface area contributed by atoms with Crippen LogP contribution in [0.4, 0.5) is 10.1 Å². The molecule has 0 saturated carbocycles. The van der Waals surface area contributed by atoms with Crippen LogP contribution in [0.5, 0.6) is 0 Å². The summed E-state index contributed by atoms with van der Waals surface area (Å²) in [6.45, 7) is 2.16. The predicted octanol–water partition coefficient (Wildman–Crippen LogP) is 5.18. The Morgan fingerprint density at radius 3 is 2.52 bits per heavy atom. The second-order valence-corrected chi connectivity index (χ2v) is 5.74. The van der Waals surface area contributed by atoms with Gasteiger partial charge in [0.1, 0.15) is 5.82 Å². The second kappa shape index (κ2) is 7.36. The molecule has 0 bridgehead atoms. The first-order chi connectivity index (χ1) is 10.1. The van der Waals surface area contributed by atoms with E-state index in [1.165, 1.54) is 23.8 Å². The predicted molar refractivity (Wildman–Crippen MR) is 87.1 cm³/mol. The Kier molecular flexibility index (Phi) is 5.51. The number of rotatable bonds is 5. The van der Waals surface area contributed by atoms with Gasteiger partial charge in [-0.3, -0.25) is 4.79 Å². The average molecular weight is 350 g/mol. The van der Waals surface area contributed by atoms with Crippen molar-refractivity contribution in [3.05, 3.63) is 63.9 Å². The minimum absolute atomic E-state index is 0.253. The number of hydrogen-bond acceptors (Lipinski definition) is 1. The minimum atomic E-state index is -0.383. The zero-order valence-corrected chi connectivity index (χ0v) is 13.4. The van der Waals surface area contributed by atoms with E-state index in [2.05, 4.69) is 28.2 Å². The SMILES string of the molecule is CCCCc1ccc(NC(=O)c2ccc(F)c(Br)c2)cc1. The van der Waals surface area contributed by atoms with Crippen molar-refractivity contribution in [1.82, 2.24) is 0 Å². The maximum atomic E-state index is 13.2. The molecule has 0 atom stereocenters. The molecule has 2 aromatic carbocycles. The number of unbranched alkanes of at least 4 members (excludes halogenated alkanes) is 1. The van der Waals surface area contributed by atoms with Crippen LogP contribution in [0.2, 0.25) is 0 Å². The summed E-state index contributed by atoms with van der Waals surface area (Å²) in [5.41, 5.74) is 2.42. The summed E-state index contributed by atoms with van der Waals surface area (Å²) in [4.78, 5) is 12.1. The van der Waals surface area contributed by atoms with Crippen LogP contribution < -0.4 is 5.32 Å². The zero-order chi connectivity index (χ0) is 15.2. The Bertz CT molecular complexity index is 625. The van der Waals surface area contributed by atoms with Crippen LogP contribution in [-0.4, -0.2) is 5.91 Å². The van der Waals surface area contributed by atoms with E-state index in [0.717, 1.165) is 24.9 Å². The number of hydrogen-bond donors (Lipinski definition) is 1. The van der Waals surface area contributed by atoms with E-state index >= 15 is 0 Å². The molecule has 0 aromatic heterocycles. The highest BCUT2D eigenvalue weighted by Gasteiger charge is 2.08. The summed E-state index contributed by atoms with van der Waals surface area (Å²) >= 11 is 3.08. The van der Waals surface area contributed by atoms with Gasteiger partial charge in [-0.15, -0.1) is 0 Å². The molecule has 2 rings (SSSR count). The van der Waals surface area contributed by atoms with Crippen LogP contribution in [0, 0.1) is 5.82 Å². The van der Waals surface area contributed by atoms with Crippen molar-refractivity contribution >= 4 is 27.5 Å². The number of carbonyl (C=O) groups excluding carboxylic acids is 1. The number of benzene rings is 2. The smallest absolute Gasteiger partial charge is 0.255 e. The minimum Gasteiger partial charge on any atom is -0.322 e. The summed E-state index contributed by atoms with van der Waals surface area (Å²) in [7, 11) is 0. The van der Waals surface area contributed by atoms with Crippen molar-refractivity contribution in [2.45, 2.75) is 26.2 Å². The fourth-order valence-corrected chi connectivity index (χ4v) is 2.36. The van der Waals surface area contributed by atoms with Gasteiger partial charge in [0.05, 0.1) is 4.47 Å². The first kappa shape index (κ1) is 15.7. The fraction of sp³-hybridized carbons (Fsp3) is 0.235. The van der Waals surface area contributed by atoms with Gasteiger partial charge >= 0.3 is 0 Å². The Morgan fingerprint density at radius 1 is 1.19 bits per heavy atom. The topological polar surface area (TPSA) is 29.1 Å². The van der Waals surface area contributed by atoms with Gasteiger partial charge in [0.2, 0.25) is 0 Å². The van der Waals surface area contributed by atoms with Crippen molar-refractivity contribution in [1.29, 1.82) is 0 Å². The monoisotopic (exact) mass is 349 g/mol. The molecule has 2 aromatic rings. The molecule has 110 valence electrons. The highest BCUT2D eigenvalue weighted by Crippen LogP contribution is 2.18. The van der Waals surface area contributed by atoms with Gasteiger partial charge in [-0.1, -0.05) is 25.5 Å². The number of carbonyl (C=O) groups is 1. The lowest BCUT2D eigenvalue weighted by Crippen LogP contribution is -2.12. The zero-order valence-electron chi connectivity index (χ0n) is 11.8. The van der Waals surface area contributed by atoms with Crippen LogP contribution in [0.3, 0.4) is 0 Å². The summed E-state index contributed by atoms with van der Waals surface area (Å²) in [5.74, 6) is -0.635. The van der Waals surface area contributed by atoms with E-state index in [0.29, 0.717) is 5.56 Å². The number of anilines is 1. The lowest BCUT2D eigenvalue weighted by Gasteiger charge is -2.07. The largest absolute Gasteiger partial charge is 0.322 e. The maximum absolute atomic E-state index is 13.2. The quantitative estimate of drug-likeness (QED) is 0.791. The lowest BCUT2D eigenvalue weighted by molar-refractivity contribution is 0.102. The molecular weight excluding hydrogens is 333 g/mol. The van der Waals surface area contributed by atoms with E-state index < -0.39 is 0 Å². The number of halogens is 2. The van der Waals surface area contributed by atoms with Gasteiger partial charge < -0.3 is 5.32 Å². The van der Waals surface area contributed by atoms with Crippen LogP contribution in [0.1, 0.15) is 35.7 Å². The number of aryl methyl sites for hydroxylation is 1. The van der Waals surface area contributed by atoms with Crippen LogP contribution in [0.25, 0.3) is 0 Å². The van der Waals surface area contributed by atoms with E-state index in [1.807, 2.05) is 24.3 Å². The summed E-state index contributed by atoms with van der Waals surface area (Å²) in [6.07, 6.45) is 3.38. The van der Waals surface area contributed by atoms with Gasteiger partial charge in [-0.25, -0.2) is 4.39 Å². The van der Waals surface area contributed by atoms with Crippen LogP contribution in [-0.2, 0) is 6.42 Å². The molecule has 1 amide bonds. The molecule has 4 heteroatoms. The third-order valence-corrected chi connectivity index (χ3v) is 3.82. The van der Waals surface area contributed by atoms with Gasteiger partial charge in [0.25, 0.3) is 5.91 Å². The molecule has 0 unspecified atom stereocenters. The summed E-state index contributed by atoms with van der Waals surface area (Å²) in [5, 5.41) is 2.81. The number of amides is 1.